The SMILES string of the molecule is CN(CC1CCCO1)C(=O)c1n[nH]c(C2CC2)c1N. The van der Waals surface area contributed by atoms with Crippen LogP contribution in [-0.2, 0) is 4.74 Å². The number of amides is 1. The Kier molecular flexibility index (Phi) is 3.18. The third kappa shape index (κ3) is 2.45. The van der Waals surface area contributed by atoms with Crippen LogP contribution in [0.3, 0.4) is 0 Å². The van der Waals surface area contributed by atoms with E-state index in [4.69, 9.17) is 10.5 Å². The maximum Gasteiger partial charge on any atom is 0.276 e. The van der Waals surface area contributed by atoms with E-state index in [-0.39, 0.29) is 12.0 Å². The van der Waals surface area contributed by atoms with E-state index >= 15 is 0 Å². The van der Waals surface area contributed by atoms with Gasteiger partial charge in [0.2, 0.25) is 0 Å². The number of likely N-dealkylation sites (N-methyl/N-ethyl adjacent to an activating group) is 1. The lowest BCUT2D eigenvalue weighted by Gasteiger charge is -2.20. The van der Waals surface area contributed by atoms with Gasteiger partial charge in [-0.2, -0.15) is 5.10 Å². The standard InChI is InChI=1S/C13H20N4O2/c1-17(7-9-3-2-6-19-9)13(18)12-10(14)11(15-16-12)8-4-5-8/h8-9H,2-7,14H2,1H3,(H,15,16). The third-order valence-corrected chi connectivity index (χ3v) is 3.87. The molecule has 1 amide bonds. The van der Waals surface area contributed by atoms with Crippen LogP contribution in [0.4, 0.5) is 5.69 Å². The maximum atomic E-state index is 12.3. The van der Waals surface area contributed by atoms with Gasteiger partial charge in [0.25, 0.3) is 5.91 Å². The highest BCUT2D eigenvalue weighted by molar-refractivity contribution is 5.97. The van der Waals surface area contributed by atoms with Crippen molar-refractivity contribution in [3.63, 3.8) is 0 Å². The van der Waals surface area contributed by atoms with Crippen LogP contribution in [0.1, 0.15) is 47.8 Å². The summed E-state index contributed by atoms with van der Waals surface area (Å²) in [6.45, 7) is 1.40. The number of aromatic amines is 1. The zero-order chi connectivity index (χ0) is 13.4. The summed E-state index contributed by atoms with van der Waals surface area (Å²) in [6, 6.07) is 0. The van der Waals surface area contributed by atoms with Crippen LogP contribution in [-0.4, -0.2) is 47.3 Å². The van der Waals surface area contributed by atoms with Crippen molar-refractivity contribution in [1.82, 2.24) is 15.1 Å². The lowest BCUT2D eigenvalue weighted by atomic mass is 10.2. The molecule has 2 fully saturated rings. The fourth-order valence-corrected chi connectivity index (χ4v) is 2.57. The van der Waals surface area contributed by atoms with E-state index in [0.717, 1.165) is 38.0 Å². The van der Waals surface area contributed by atoms with Gasteiger partial charge >= 0.3 is 0 Å². The van der Waals surface area contributed by atoms with Crippen LogP contribution in [0.15, 0.2) is 0 Å². The number of carbonyl (C=O) groups excluding carboxylic acids is 1. The molecule has 19 heavy (non-hydrogen) atoms. The number of nitrogens with zero attached hydrogens (tertiary/aromatic N) is 2. The Morgan fingerprint density at radius 2 is 2.32 bits per heavy atom. The molecule has 0 spiro atoms. The predicted molar refractivity (Wildman–Crippen MR) is 70.9 cm³/mol. The molecular weight excluding hydrogens is 244 g/mol. The molecular formula is C13H20N4O2. The number of ether oxygens (including phenoxy) is 1. The van der Waals surface area contributed by atoms with E-state index in [1.54, 1.807) is 11.9 Å². The summed E-state index contributed by atoms with van der Waals surface area (Å²) < 4.78 is 5.54. The number of nitrogens with two attached hydrogens (primary N) is 1. The van der Waals surface area contributed by atoms with Gasteiger partial charge in [0.15, 0.2) is 5.69 Å². The molecule has 0 aromatic carbocycles. The predicted octanol–water partition coefficient (Wildman–Crippen LogP) is 1.12. The molecule has 0 radical (unpaired) electrons. The fraction of sp³-hybridized carbons (Fsp3) is 0.692. The number of hydrogen-bond donors (Lipinski definition) is 2. The molecule has 1 aliphatic heterocycles. The van der Waals surface area contributed by atoms with Crippen molar-refractivity contribution in [2.24, 2.45) is 0 Å². The van der Waals surface area contributed by atoms with Crippen LogP contribution in [0.2, 0.25) is 0 Å². The Balaban J connectivity index is 1.68. The number of rotatable bonds is 4. The first-order valence-corrected chi connectivity index (χ1v) is 6.87. The minimum atomic E-state index is -0.129. The first-order valence-electron chi connectivity index (χ1n) is 6.87. The Bertz CT molecular complexity index is 475. The normalized spacial score (nSPS) is 22.7. The zero-order valence-electron chi connectivity index (χ0n) is 11.2. The summed E-state index contributed by atoms with van der Waals surface area (Å²) >= 11 is 0. The van der Waals surface area contributed by atoms with Crippen molar-refractivity contribution in [3.05, 3.63) is 11.4 Å². The molecule has 6 heteroatoms. The third-order valence-electron chi connectivity index (χ3n) is 3.87. The molecule has 1 saturated heterocycles. The molecule has 3 rings (SSSR count). The second kappa shape index (κ2) is 4.85. The van der Waals surface area contributed by atoms with E-state index in [1.807, 2.05) is 0 Å². The average molecular weight is 264 g/mol. The first-order chi connectivity index (χ1) is 9.16. The van der Waals surface area contributed by atoms with Gasteiger partial charge in [-0.05, 0) is 25.7 Å². The molecule has 6 nitrogen and oxygen atoms in total. The Morgan fingerprint density at radius 1 is 1.53 bits per heavy atom. The number of H-pyrrole nitrogens is 1. The Labute approximate surface area is 112 Å². The van der Waals surface area contributed by atoms with Gasteiger partial charge in [0.1, 0.15) is 0 Å². The van der Waals surface area contributed by atoms with Gasteiger partial charge in [0.05, 0.1) is 17.5 Å². The highest BCUT2D eigenvalue weighted by atomic mass is 16.5. The second-order valence-corrected chi connectivity index (χ2v) is 5.49. The van der Waals surface area contributed by atoms with Gasteiger partial charge in [-0.25, -0.2) is 0 Å². The van der Waals surface area contributed by atoms with Crippen LogP contribution in [0, 0.1) is 0 Å². The maximum absolute atomic E-state index is 12.3. The van der Waals surface area contributed by atoms with Crippen molar-refractivity contribution in [2.75, 3.05) is 25.9 Å². The van der Waals surface area contributed by atoms with Crippen molar-refractivity contribution in [3.8, 4) is 0 Å². The van der Waals surface area contributed by atoms with Gasteiger partial charge in [-0.1, -0.05) is 0 Å². The number of hydrogen-bond acceptors (Lipinski definition) is 4. The zero-order valence-corrected chi connectivity index (χ0v) is 11.2. The fourth-order valence-electron chi connectivity index (χ4n) is 2.57. The lowest BCUT2D eigenvalue weighted by molar-refractivity contribution is 0.0583. The monoisotopic (exact) mass is 264 g/mol. The highest BCUT2D eigenvalue weighted by Gasteiger charge is 2.31. The number of aromatic nitrogens is 2. The minimum Gasteiger partial charge on any atom is -0.395 e. The van der Waals surface area contributed by atoms with Gasteiger partial charge in [0, 0.05) is 26.1 Å². The number of nitrogen functional groups attached to an aromatic ring is 1. The van der Waals surface area contributed by atoms with Crippen molar-refractivity contribution in [1.29, 1.82) is 0 Å². The van der Waals surface area contributed by atoms with Gasteiger partial charge < -0.3 is 15.4 Å². The molecule has 3 N–H and O–H groups in total. The van der Waals surface area contributed by atoms with E-state index in [9.17, 15) is 4.79 Å². The molecule has 1 aromatic rings. The summed E-state index contributed by atoms with van der Waals surface area (Å²) in [5, 5.41) is 7.00. The van der Waals surface area contributed by atoms with E-state index < -0.39 is 0 Å². The smallest absolute Gasteiger partial charge is 0.276 e. The molecule has 104 valence electrons. The number of nitrogens with one attached hydrogen (secondary N) is 1. The van der Waals surface area contributed by atoms with Crippen molar-refractivity contribution < 1.29 is 9.53 Å². The van der Waals surface area contributed by atoms with E-state index in [0.29, 0.717) is 23.8 Å². The summed E-state index contributed by atoms with van der Waals surface area (Å²) in [7, 11) is 1.77. The Morgan fingerprint density at radius 3 is 2.95 bits per heavy atom. The van der Waals surface area contributed by atoms with Crippen LogP contribution >= 0.6 is 0 Å². The highest BCUT2D eigenvalue weighted by Crippen LogP contribution is 2.42. The van der Waals surface area contributed by atoms with Crippen LogP contribution < -0.4 is 5.73 Å². The number of carbonyl (C=O) groups is 1. The number of anilines is 1. The van der Waals surface area contributed by atoms with Crippen LogP contribution in [0.25, 0.3) is 0 Å². The van der Waals surface area contributed by atoms with Gasteiger partial charge in [-0.3, -0.25) is 9.89 Å². The van der Waals surface area contributed by atoms with Gasteiger partial charge in [-0.15, -0.1) is 0 Å². The summed E-state index contributed by atoms with van der Waals surface area (Å²) in [4.78, 5) is 14.0. The minimum absolute atomic E-state index is 0.129. The first kappa shape index (κ1) is 12.5. The average Bonchev–Trinajstić information content (AvgIpc) is 2.97. The van der Waals surface area contributed by atoms with Crippen molar-refractivity contribution in [2.45, 2.75) is 37.7 Å². The molecule has 1 saturated carbocycles. The molecule has 1 atom stereocenters. The quantitative estimate of drug-likeness (QED) is 0.853. The Hall–Kier alpha value is -1.56. The molecule has 1 unspecified atom stereocenters. The second-order valence-electron chi connectivity index (χ2n) is 5.49. The summed E-state index contributed by atoms with van der Waals surface area (Å²) in [5.74, 6) is 0.341. The van der Waals surface area contributed by atoms with E-state index in [2.05, 4.69) is 10.2 Å². The molecule has 1 aliphatic carbocycles. The molecule has 1 aromatic heterocycles. The molecule has 2 aliphatic rings. The molecule has 0 bridgehead atoms. The largest absolute Gasteiger partial charge is 0.395 e. The summed E-state index contributed by atoms with van der Waals surface area (Å²) in [6.07, 6.45) is 4.50. The topological polar surface area (TPSA) is 84.2 Å². The molecule has 2 heterocycles. The van der Waals surface area contributed by atoms with E-state index in [1.165, 1.54) is 0 Å². The van der Waals surface area contributed by atoms with Crippen LogP contribution in [0.5, 0.6) is 0 Å². The lowest BCUT2D eigenvalue weighted by Crippen LogP contribution is -2.34. The van der Waals surface area contributed by atoms with Crippen molar-refractivity contribution >= 4 is 11.6 Å². The summed E-state index contributed by atoms with van der Waals surface area (Å²) in [5.41, 5.74) is 7.81.